The van der Waals surface area contributed by atoms with Crippen molar-refractivity contribution in [3.05, 3.63) is 52.3 Å². The Morgan fingerprint density at radius 3 is 2.63 bits per heavy atom. The van der Waals surface area contributed by atoms with Gasteiger partial charge in [0, 0.05) is 12.1 Å². The molecule has 3 aromatic rings. The normalized spacial score (nSPS) is 11.4. The van der Waals surface area contributed by atoms with Crippen molar-refractivity contribution in [1.82, 2.24) is 4.57 Å². The number of carbonyl (C=O) groups excluding carboxylic acids is 1. The second-order valence-electron chi connectivity index (χ2n) is 6.02. The zero-order valence-electron chi connectivity index (χ0n) is 15.5. The molecule has 0 saturated heterocycles. The Labute approximate surface area is 161 Å². The first kappa shape index (κ1) is 18.7. The summed E-state index contributed by atoms with van der Waals surface area (Å²) in [6, 6.07) is 11.6. The highest BCUT2D eigenvalue weighted by Crippen LogP contribution is 2.33. The molecule has 0 aliphatic heterocycles. The monoisotopic (exact) mass is 380 g/mol. The summed E-state index contributed by atoms with van der Waals surface area (Å²) >= 11 is 1.40. The standard InChI is InChI=1S/C21H20N2O3S/c1-5-9-23-16-12-17(25-3)18(26-4)13-19(16)27-21(23)22-20(24)11-15-8-6-7-14(2)10-15/h1,6-8,10,12-13H,9,11H2,2-4H3. The Morgan fingerprint density at radius 2 is 1.96 bits per heavy atom. The Morgan fingerprint density at radius 1 is 1.22 bits per heavy atom. The van der Waals surface area contributed by atoms with Crippen LogP contribution in [0.1, 0.15) is 11.1 Å². The zero-order chi connectivity index (χ0) is 19.4. The minimum atomic E-state index is -0.211. The topological polar surface area (TPSA) is 52.8 Å². The molecule has 0 atom stereocenters. The van der Waals surface area contributed by atoms with Crippen molar-refractivity contribution < 1.29 is 14.3 Å². The van der Waals surface area contributed by atoms with Gasteiger partial charge in [-0.05, 0) is 12.5 Å². The number of rotatable bonds is 5. The number of methoxy groups -OCH3 is 2. The first-order valence-corrected chi connectivity index (χ1v) is 9.19. The van der Waals surface area contributed by atoms with Crippen LogP contribution in [0.3, 0.4) is 0 Å². The number of terminal acetylenes is 1. The molecule has 2 aromatic carbocycles. The summed E-state index contributed by atoms with van der Waals surface area (Å²) in [5.74, 6) is 3.64. The summed E-state index contributed by atoms with van der Waals surface area (Å²) < 4.78 is 13.5. The number of benzene rings is 2. The number of ether oxygens (including phenoxy) is 2. The maximum atomic E-state index is 12.5. The summed E-state index contributed by atoms with van der Waals surface area (Å²) in [4.78, 5) is 17.4. The van der Waals surface area contributed by atoms with Gasteiger partial charge in [0.05, 0.1) is 37.4 Å². The Bertz CT molecular complexity index is 1100. The van der Waals surface area contributed by atoms with Crippen molar-refractivity contribution >= 4 is 27.5 Å². The Balaban J connectivity index is 2.06. The molecule has 3 rings (SSSR count). The average molecular weight is 380 g/mol. The van der Waals surface area contributed by atoms with Crippen LogP contribution in [-0.2, 0) is 17.8 Å². The number of aromatic nitrogens is 1. The number of nitrogens with zero attached hydrogens (tertiary/aromatic N) is 2. The maximum Gasteiger partial charge on any atom is 0.252 e. The van der Waals surface area contributed by atoms with E-state index in [0.717, 1.165) is 21.3 Å². The van der Waals surface area contributed by atoms with Gasteiger partial charge in [-0.25, -0.2) is 0 Å². The lowest BCUT2D eigenvalue weighted by Crippen LogP contribution is -2.17. The van der Waals surface area contributed by atoms with Crippen LogP contribution in [-0.4, -0.2) is 24.7 Å². The van der Waals surface area contributed by atoms with Crippen molar-refractivity contribution in [2.45, 2.75) is 19.9 Å². The second-order valence-corrected chi connectivity index (χ2v) is 7.03. The lowest BCUT2D eigenvalue weighted by molar-refractivity contribution is -0.117. The van der Waals surface area contributed by atoms with Gasteiger partial charge in [-0.2, -0.15) is 4.99 Å². The van der Waals surface area contributed by atoms with E-state index < -0.39 is 0 Å². The SMILES string of the molecule is C#CCn1c(=NC(=O)Cc2cccc(C)c2)sc2cc(OC)c(OC)cc21. The van der Waals surface area contributed by atoms with Crippen molar-refractivity contribution in [1.29, 1.82) is 0 Å². The number of aryl methyl sites for hydroxylation is 1. The van der Waals surface area contributed by atoms with Crippen molar-refractivity contribution in [3.63, 3.8) is 0 Å². The molecule has 27 heavy (non-hydrogen) atoms. The number of thiazole rings is 1. The van der Waals surface area contributed by atoms with E-state index in [-0.39, 0.29) is 12.3 Å². The molecule has 1 aromatic heterocycles. The van der Waals surface area contributed by atoms with Crippen LogP contribution in [0.15, 0.2) is 41.4 Å². The molecule has 0 spiro atoms. The first-order valence-electron chi connectivity index (χ1n) is 8.37. The second kappa shape index (κ2) is 8.11. The minimum absolute atomic E-state index is 0.211. The zero-order valence-corrected chi connectivity index (χ0v) is 16.3. The minimum Gasteiger partial charge on any atom is -0.493 e. The predicted octanol–water partition coefficient (Wildman–Crippen LogP) is 3.33. The number of fused-ring (bicyclic) bond motifs is 1. The molecule has 0 saturated carbocycles. The van der Waals surface area contributed by atoms with Crippen LogP contribution in [0.4, 0.5) is 0 Å². The van der Waals surface area contributed by atoms with Crippen LogP contribution < -0.4 is 14.3 Å². The van der Waals surface area contributed by atoms with Gasteiger partial charge in [-0.15, -0.1) is 6.42 Å². The third-order valence-corrected chi connectivity index (χ3v) is 5.14. The number of hydrogen-bond donors (Lipinski definition) is 0. The van der Waals surface area contributed by atoms with Crippen LogP contribution in [0, 0.1) is 19.3 Å². The quantitative estimate of drug-likeness (QED) is 0.638. The first-order chi connectivity index (χ1) is 13.0. The fourth-order valence-corrected chi connectivity index (χ4v) is 3.93. The van der Waals surface area contributed by atoms with Crippen LogP contribution in [0.5, 0.6) is 11.5 Å². The van der Waals surface area contributed by atoms with Crippen molar-refractivity contribution in [2.75, 3.05) is 14.2 Å². The van der Waals surface area contributed by atoms with E-state index in [1.54, 1.807) is 14.2 Å². The van der Waals surface area contributed by atoms with Crippen LogP contribution in [0.2, 0.25) is 0 Å². The molecular weight excluding hydrogens is 360 g/mol. The van der Waals surface area contributed by atoms with Crippen molar-refractivity contribution in [3.8, 4) is 23.8 Å². The summed E-state index contributed by atoms with van der Waals surface area (Å²) in [5.41, 5.74) is 2.91. The number of amides is 1. The average Bonchev–Trinajstić information content (AvgIpc) is 2.97. The van der Waals surface area contributed by atoms with E-state index in [9.17, 15) is 4.79 Å². The lowest BCUT2D eigenvalue weighted by Gasteiger charge is -2.08. The molecule has 138 valence electrons. The number of carbonyl (C=O) groups is 1. The molecule has 0 fully saturated rings. The largest absolute Gasteiger partial charge is 0.493 e. The van der Waals surface area contributed by atoms with Gasteiger partial charge < -0.3 is 14.0 Å². The smallest absolute Gasteiger partial charge is 0.252 e. The van der Waals surface area contributed by atoms with E-state index in [1.165, 1.54) is 11.3 Å². The molecular formula is C21H20N2O3S. The third kappa shape index (κ3) is 4.04. The molecule has 0 bridgehead atoms. The van der Waals surface area contributed by atoms with Gasteiger partial charge in [0.15, 0.2) is 16.3 Å². The molecule has 0 aliphatic carbocycles. The molecule has 1 heterocycles. The lowest BCUT2D eigenvalue weighted by atomic mass is 10.1. The molecule has 1 amide bonds. The van der Waals surface area contributed by atoms with E-state index >= 15 is 0 Å². The molecule has 6 heteroatoms. The van der Waals surface area contributed by atoms with E-state index in [0.29, 0.717) is 22.8 Å². The van der Waals surface area contributed by atoms with Gasteiger partial charge in [0.1, 0.15) is 0 Å². The summed E-state index contributed by atoms with van der Waals surface area (Å²) in [6.45, 7) is 2.31. The highest BCUT2D eigenvalue weighted by atomic mass is 32.1. The van der Waals surface area contributed by atoms with Crippen LogP contribution >= 0.6 is 11.3 Å². The van der Waals surface area contributed by atoms with Gasteiger partial charge in [0.2, 0.25) is 0 Å². The van der Waals surface area contributed by atoms with E-state index in [4.69, 9.17) is 15.9 Å². The summed E-state index contributed by atoms with van der Waals surface area (Å²) in [6.07, 6.45) is 5.78. The third-order valence-electron chi connectivity index (χ3n) is 4.10. The van der Waals surface area contributed by atoms with Gasteiger partial charge in [-0.1, -0.05) is 47.1 Å². The van der Waals surface area contributed by atoms with Crippen molar-refractivity contribution in [2.24, 2.45) is 4.99 Å². The molecule has 0 unspecified atom stereocenters. The van der Waals surface area contributed by atoms with Gasteiger partial charge in [-0.3, -0.25) is 4.79 Å². The molecule has 0 radical (unpaired) electrons. The molecule has 0 N–H and O–H groups in total. The fraction of sp³-hybridized carbons (Fsp3) is 0.238. The van der Waals surface area contributed by atoms with E-state index in [2.05, 4.69) is 10.9 Å². The Hall–Kier alpha value is -3.04. The van der Waals surface area contributed by atoms with E-state index in [1.807, 2.05) is 47.9 Å². The highest BCUT2D eigenvalue weighted by Gasteiger charge is 2.13. The highest BCUT2D eigenvalue weighted by molar-refractivity contribution is 7.16. The summed E-state index contributed by atoms with van der Waals surface area (Å²) in [7, 11) is 3.17. The maximum absolute atomic E-state index is 12.5. The Kier molecular flexibility index (Phi) is 5.63. The summed E-state index contributed by atoms with van der Waals surface area (Å²) in [5, 5.41) is 0. The number of hydrogen-bond acceptors (Lipinski definition) is 4. The fourth-order valence-electron chi connectivity index (χ4n) is 2.87. The van der Waals surface area contributed by atoms with Gasteiger partial charge in [0.25, 0.3) is 5.91 Å². The van der Waals surface area contributed by atoms with Crippen LogP contribution in [0.25, 0.3) is 10.2 Å². The molecule has 5 nitrogen and oxygen atoms in total. The van der Waals surface area contributed by atoms with Gasteiger partial charge >= 0.3 is 0 Å². The molecule has 0 aliphatic rings. The predicted molar refractivity (Wildman–Crippen MR) is 107 cm³/mol.